The Labute approximate surface area is 327 Å². The van der Waals surface area contributed by atoms with Crippen LogP contribution in [0, 0.1) is 31.0 Å². The van der Waals surface area contributed by atoms with E-state index in [0.717, 1.165) is 24.0 Å². The summed E-state index contributed by atoms with van der Waals surface area (Å²) in [5.74, 6) is -1.56. The second kappa shape index (κ2) is 15.9. The van der Waals surface area contributed by atoms with Gasteiger partial charge in [0.1, 0.15) is 29.1 Å². The van der Waals surface area contributed by atoms with Crippen LogP contribution in [0.2, 0.25) is 0 Å². The number of alkyl halides is 1. The number of carboxylic acid groups (broad SMARTS) is 1. The van der Waals surface area contributed by atoms with E-state index in [-0.39, 0.29) is 47.2 Å². The number of hydrogen-bond acceptors (Lipinski definition) is 10. The number of fused-ring (bicyclic) bond motifs is 1. The first-order chi connectivity index (χ1) is 27.0. The highest BCUT2D eigenvalue weighted by atomic mass is 35.5. The molecule has 56 heavy (non-hydrogen) atoms. The molecule has 14 heteroatoms. The molecular weight excluding hydrogens is 737 g/mol. The lowest BCUT2D eigenvalue weighted by Crippen LogP contribution is -2.52. The number of carbonyl (C=O) groups is 2. The molecule has 0 spiro atoms. The van der Waals surface area contributed by atoms with E-state index in [1.54, 1.807) is 31.2 Å². The Balaban J connectivity index is 1.26. The van der Waals surface area contributed by atoms with Crippen LogP contribution in [0.25, 0.3) is 16.7 Å². The fourth-order valence-corrected chi connectivity index (χ4v) is 7.75. The number of nitrogens with one attached hydrogen (secondary N) is 2. The number of nitrogens with zero attached hydrogens (tertiary/aromatic N) is 5. The van der Waals surface area contributed by atoms with E-state index in [2.05, 4.69) is 26.7 Å². The molecule has 3 aromatic heterocycles. The monoisotopic (exact) mass is 775 g/mol. The smallest absolute Gasteiger partial charge is 0.320 e. The van der Waals surface area contributed by atoms with Crippen LogP contribution in [0.1, 0.15) is 69.2 Å². The third-order valence-electron chi connectivity index (χ3n) is 10.3. The summed E-state index contributed by atoms with van der Waals surface area (Å²) >= 11 is 7.44. The van der Waals surface area contributed by atoms with Crippen molar-refractivity contribution in [2.75, 3.05) is 19.0 Å². The number of methoxy groups -OCH3 is 1. The summed E-state index contributed by atoms with van der Waals surface area (Å²) in [4.78, 5) is 41.5. The van der Waals surface area contributed by atoms with E-state index in [1.807, 2.05) is 42.2 Å². The number of likely N-dealkylation sites (tertiary alicyclic amines) is 1. The molecule has 1 fully saturated rings. The minimum absolute atomic E-state index is 0.0171. The first kappa shape index (κ1) is 38.2. The molecule has 1 amide bonds. The zero-order valence-electron chi connectivity index (χ0n) is 31.0. The minimum atomic E-state index is -1.58. The molecule has 2 aliphatic rings. The highest BCUT2D eigenvalue weighted by Gasteiger charge is 2.47. The van der Waals surface area contributed by atoms with E-state index in [1.165, 1.54) is 31.6 Å². The summed E-state index contributed by atoms with van der Waals surface area (Å²) in [7, 11) is 1.48. The van der Waals surface area contributed by atoms with Crippen molar-refractivity contribution in [1.82, 2.24) is 25.2 Å². The molecule has 3 N–H and O–H groups in total. The van der Waals surface area contributed by atoms with Crippen molar-refractivity contribution in [2.45, 2.75) is 63.2 Å². The van der Waals surface area contributed by atoms with Crippen LogP contribution < -0.4 is 15.4 Å². The van der Waals surface area contributed by atoms with Crippen molar-refractivity contribution in [3.63, 3.8) is 0 Å². The molecular formula is C42H39ClFN7O5. The standard InChI is InChI=1S/C42H39ClFN7O5/c1-24-9-4-5-10-29(24)30-11-8-14-42(38(30)43,50-39(52)33-19-35(55-3)28(22-48-33)23-51-16-7-6-12-34(51)40(53)54)41-49-32-18-26(17-27(20-45)37(32)56-41)21-47-31-13-15-46-25(2)36(31)44/h4-5,8-11,13-15,17-19,22,34,38H,6-7,12,16,21,23H2,1-3H3,(H,46,47)(H,50,52)(H,53,54)/t34-,38?,42?/m0/s1. The maximum Gasteiger partial charge on any atom is 0.320 e. The third-order valence-corrected chi connectivity index (χ3v) is 10.9. The van der Waals surface area contributed by atoms with Crippen molar-refractivity contribution in [2.24, 2.45) is 0 Å². The lowest BCUT2D eigenvalue weighted by molar-refractivity contribution is -0.144. The first-order valence-corrected chi connectivity index (χ1v) is 18.6. The molecule has 0 saturated carbocycles. The zero-order chi connectivity index (χ0) is 39.6. The number of carbonyl (C=O) groups excluding carboxylic acids is 1. The molecule has 286 valence electrons. The lowest BCUT2D eigenvalue weighted by atomic mass is 9.81. The number of hydrogen-bond donors (Lipinski definition) is 3. The van der Waals surface area contributed by atoms with Crippen LogP contribution in [0.15, 0.2) is 83.6 Å². The predicted molar refractivity (Wildman–Crippen MR) is 209 cm³/mol. The van der Waals surface area contributed by atoms with E-state index >= 15 is 0 Å². The van der Waals surface area contributed by atoms with Crippen LogP contribution in [-0.2, 0) is 23.4 Å². The largest absolute Gasteiger partial charge is 0.496 e. The maximum atomic E-state index is 14.7. The molecule has 1 aliphatic carbocycles. The quantitative estimate of drug-likeness (QED) is 0.116. The number of carboxylic acids is 1. The number of allylic oxidation sites excluding steroid dienone is 2. The molecule has 2 unspecified atom stereocenters. The van der Waals surface area contributed by atoms with E-state index in [4.69, 9.17) is 25.7 Å². The van der Waals surface area contributed by atoms with Crippen LogP contribution >= 0.6 is 11.6 Å². The number of benzene rings is 2. The van der Waals surface area contributed by atoms with Gasteiger partial charge in [-0.05, 0) is 79.8 Å². The van der Waals surface area contributed by atoms with Gasteiger partial charge < -0.3 is 24.9 Å². The van der Waals surface area contributed by atoms with Gasteiger partial charge in [-0.25, -0.2) is 9.37 Å². The van der Waals surface area contributed by atoms with E-state index in [9.17, 15) is 24.3 Å². The predicted octanol–water partition coefficient (Wildman–Crippen LogP) is 7.19. The number of halogens is 2. The van der Waals surface area contributed by atoms with Crippen molar-refractivity contribution in [3.8, 4) is 11.8 Å². The molecule has 1 saturated heterocycles. The molecule has 1 aliphatic heterocycles. The highest BCUT2D eigenvalue weighted by Crippen LogP contribution is 2.43. The number of rotatable bonds is 11. The summed E-state index contributed by atoms with van der Waals surface area (Å²) in [6, 6.07) is 15.7. The topological polar surface area (TPSA) is 166 Å². The SMILES string of the molecule is COc1cc(C(=O)NC2(c3nc4cc(CNc5ccnc(C)c5F)cc(C#N)c4o3)C=CC=C(c3ccccc3C)C2Cl)ncc1CN1CCCC[C@H]1C(=O)O. The number of pyridine rings is 2. The van der Waals surface area contributed by atoms with Crippen molar-refractivity contribution < 1.29 is 28.2 Å². The summed E-state index contributed by atoms with van der Waals surface area (Å²) < 4.78 is 26.8. The van der Waals surface area contributed by atoms with Gasteiger partial charge in [0.25, 0.3) is 5.91 Å². The van der Waals surface area contributed by atoms with Gasteiger partial charge in [0, 0.05) is 37.1 Å². The zero-order valence-corrected chi connectivity index (χ0v) is 31.7. The number of ether oxygens (including phenoxy) is 1. The average Bonchev–Trinajstić information content (AvgIpc) is 3.64. The fourth-order valence-electron chi connectivity index (χ4n) is 7.34. The Morgan fingerprint density at radius 2 is 2.00 bits per heavy atom. The second-order valence-corrected chi connectivity index (χ2v) is 14.4. The number of oxazole rings is 1. The Kier molecular flexibility index (Phi) is 10.9. The van der Waals surface area contributed by atoms with E-state index in [0.29, 0.717) is 40.9 Å². The first-order valence-electron chi connectivity index (χ1n) is 18.1. The van der Waals surface area contributed by atoms with Crippen LogP contribution in [0.5, 0.6) is 5.75 Å². The summed E-state index contributed by atoms with van der Waals surface area (Å²) in [6.45, 7) is 4.61. The number of aromatic nitrogens is 3. The second-order valence-electron chi connectivity index (χ2n) is 13.9. The maximum absolute atomic E-state index is 14.7. The molecule has 0 bridgehead atoms. The van der Waals surface area contributed by atoms with Gasteiger partial charge in [-0.3, -0.25) is 24.5 Å². The Morgan fingerprint density at radius 3 is 2.77 bits per heavy atom. The molecule has 7 rings (SSSR count). The molecule has 5 aromatic rings. The Morgan fingerprint density at radius 1 is 1.18 bits per heavy atom. The molecule has 2 aromatic carbocycles. The van der Waals surface area contributed by atoms with Gasteiger partial charge in [0.05, 0.1) is 29.4 Å². The van der Waals surface area contributed by atoms with Gasteiger partial charge in [-0.1, -0.05) is 42.8 Å². The molecule has 0 radical (unpaired) electrons. The van der Waals surface area contributed by atoms with Crippen LogP contribution in [0.4, 0.5) is 10.1 Å². The normalized spacial score (nSPS) is 19.6. The number of piperidine rings is 1. The number of aliphatic carboxylic acids is 1. The number of amides is 1. The average molecular weight is 776 g/mol. The van der Waals surface area contributed by atoms with Crippen molar-refractivity contribution in [1.29, 1.82) is 5.26 Å². The van der Waals surface area contributed by atoms with Crippen molar-refractivity contribution in [3.05, 3.63) is 130 Å². The number of nitriles is 1. The van der Waals surface area contributed by atoms with E-state index < -0.39 is 34.7 Å². The number of anilines is 1. The van der Waals surface area contributed by atoms with Crippen LogP contribution in [-0.4, -0.2) is 61.9 Å². The van der Waals surface area contributed by atoms with Crippen LogP contribution in [0.3, 0.4) is 0 Å². The third kappa shape index (κ3) is 7.33. The molecule has 3 atom stereocenters. The van der Waals surface area contributed by atoms with Gasteiger partial charge in [0.2, 0.25) is 5.89 Å². The minimum Gasteiger partial charge on any atom is -0.496 e. The Hall–Kier alpha value is -6.10. The fraction of sp³-hybridized carbons (Fsp3) is 0.286. The highest BCUT2D eigenvalue weighted by molar-refractivity contribution is 6.28. The Bertz CT molecular complexity index is 2440. The molecule has 4 heterocycles. The summed E-state index contributed by atoms with van der Waals surface area (Å²) in [5.41, 5.74) is 3.46. The van der Waals surface area contributed by atoms with Gasteiger partial charge in [-0.15, -0.1) is 11.6 Å². The lowest BCUT2D eigenvalue weighted by Gasteiger charge is -2.36. The summed E-state index contributed by atoms with van der Waals surface area (Å²) in [5, 5.41) is 25.2. The van der Waals surface area contributed by atoms with Gasteiger partial charge >= 0.3 is 5.97 Å². The number of aryl methyl sites for hydroxylation is 2. The van der Waals surface area contributed by atoms with Gasteiger partial charge in [0.15, 0.2) is 16.9 Å². The summed E-state index contributed by atoms with van der Waals surface area (Å²) in [6.07, 6.45) is 10.6. The van der Waals surface area contributed by atoms with Crippen molar-refractivity contribution >= 4 is 45.8 Å². The molecule has 12 nitrogen and oxygen atoms in total. The van der Waals surface area contributed by atoms with Gasteiger partial charge in [-0.2, -0.15) is 5.26 Å².